The zero-order valence-corrected chi connectivity index (χ0v) is 24.0. The average molecular weight is 534 g/mol. The molecule has 0 aliphatic carbocycles. The van der Waals surface area contributed by atoms with Gasteiger partial charge in [0.05, 0.1) is 11.7 Å². The van der Waals surface area contributed by atoms with Gasteiger partial charge in [0.1, 0.15) is 11.4 Å². The first-order chi connectivity index (χ1) is 18.3. The Hall–Kier alpha value is -3.65. The molecule has 1 heterocycles. The van der Waals surface area contributed by atoms with Crippen molar-refractivity contribution in [3.63, 3.8) is 0 Å². The second-order valence-corrected chi connectivity index (χ2v) is 12.0. The summed E-state index contributed by atoms with van der Waals surface area (Å²) in [4.78, 5) is 29.2. The molecule has 0 unspecified atom stereocenters. The third kappa shape index (κ3) is 9.55. The molecule has 0 saturated heterocycles. The highest BCUT2D eigenvalue weighted by Gasteiger charge is 2.31. The van der Waals surface area contributed by atoms with Gasteiger partial charge in [-0.05, 0) is 44.7 Å². The van der Waals surface area contributed by atoms with E-state index in [0.717, 1.165) is 17.1 Å². The third-order valence-corrected chi connectivity index (χ3v) is 6.21. The highest BCUT2D eigenvalue weighted by molar-refractivity contribution is 5.76. The summed E-state index contributed by atoms with van der Waals surface area (Å²) < 4.78 is 7.59. The number of imidazole rings is 1. The van der Waals surface area contributed by atoms with Gasteiger partial charge in [0, 0.05) is 30.8 Å². The number of nitrogens with two attached hydrogens (primary N) is 1. The van der Waals surface area contributed by atoms with Crippen molar-refractivity contribution in [1.82, 2.24) is 20.2 Å². The molecule has 39 heavy (non-hydrogen) atoms. The van der Waals surface area contributed by atoms with Crippen LogP contribution in [-0.2, 0) is 16.1 Å². The van der Waals surface area contributed by atoms with E-state index in [1.54, 1.807) is 20.8 Å². The van der Waals surface area contributed by atoms with Gasteiger partial charge in [-0.3, -0.25) is 4.79 Å². The first-order valence-electron chi connectivity index (χ1n) is 13.5. The second-order valence-electron chi connectivity index (χ2n) is 12.0. The van der Waals surface area contributed by atoms with Gasteiger partial charge in [-0.15, -0.1) is 0 Å². The molecule has 2 amide bonds. The average Bonchev–Trinajstić information content (AvgIpc) is 3.23. The predicted octanol–water partition coefficient (Wildman–Crippen LogP) is 5.43. The number of benzene rings is 2. The van der Waals surface area contributed by atoms with Crippen LogP contribution in [0, 0.1) is 5.41 Å². The zero-order valence-electron chi connectivity index (χ0n) is 24.0. The lowest BCUT2D eigenvalue weighted by Crippen LogP contribution is -2.43. The molecule has 0 aliphatic heterocycles. The van der Waals surface area contributed by atoms with Gasteiger partial charge in [0.25, 0.3) is 0 Å². The molecule has 210 valence electrons. The number of nitrogens with one attached hydrogen (secondary N) is 2. The quantitative estimate of drug-likeness (QED) is 0.304. The fourth-order valence-corrected chi connectivity index (χ4v) is 4.44. The fourth-order valence-electron chi connectivity index (χ4n) is 4.44. The Morgan fingerprint density at radius 1 is 0.974 bits per heavy atom. The minimum atomic E-state index is -0.636. The molecule has 1 aromatic heterocycles. The number of hydrogen-bond donors (Lipinski definition) is 3. The zero-order chi connectivity index (χ0) is 28.6. The first-order valence-corrected chi connectivity index (χ1v) is 13.5. The summed E-state index contributed by atoms with van der Waals surface area (Å²) in [6.45, 7) is 13.1. The van der Waals surface area contributed by atoms with Gasteiger partial charge in [0.2, 0.25) is 5.91 Å². The molecule has 2 aromatic carbocycles. The number of amides is 2. The molecule has 0 saturated carbocycles. The number of aromatic nitrogens is 2. The summed E-state index contributed by atoms with van der Waals surface area (Å²) in [5, 5.41) is 6.47. The number of primary amides is 1. The number of hydrogen-bond acceptors (Lipinski definition) is 5. The first kappa shape index (κ1) is 29.9. The maximum Gasteiger partial charge on any atom is 0.407 e. The topological polar surface area (TPSA) is 111 Å². The summed E-state index contributed by atoms with van der Waals surface area (Å²) >= 11 is 0. The lowest BCUT2D eigenvalue weighted by Gasteiger charge is -2.32. The van der Waals surface area contributed by atoms with Crippen molar-refractivity contribution in [2.24, 2.45) is 11.1 Å². The number of nitrogens with zero attached hydrogens (tertiary/aromatic N) is 2. The maximum absolute atomic E-state index is 12.4. The van der Waals surface area contributed by atoms with E-state index in [0.29, 0.717) is 19.5 Å². The molecule has 0 fully saturated rings. The molecule has 2 atom stereocenters. The number of carbonyl (C=O) groups excluding carboxylic acids is 2. The van der Waals surface area contributed by atoms with E-state index < -0.39 is 23.6 Å². The van der Waals surface area contributed by atoms with Gasteiger partial charge < -0.3 is 25.7 Å². The minimum absolute atomic E-state index is 0.0297. The smallest absolute Gasteiger partial charge is 0.407 e. The van der Waals surface area contributed by atoms with Crippen molar-refractivity contribution in [3.8, 4) is 11.3 Å². The van der Waals surface area contributed by atoms with Crippen LogP contribution in [0.4, 0.5) is 4.79 Å². The molecule has 4 N–H and O–H groups in total. The number of alkyl carbamates (subject to hydrolysis) is 1. The van der Waals surface area contributed by atoms with Crippen LogP contribution in [0.3, 0.4) is 0 Å². The van der Waals surface area contributed by atoms with Crippen LogP contribution in [0.15, 0.2) is 66.9 Å². The summed E-state index contributed by atoms with van der Waals surface area (Å²) in [6.07, 6.45) is 2.08. The van der Waals surface area contributed by atoms with E-state index in [1.807, 2.05) is 36.4 Å². The molecule has 0 radical (unpaired) electrons. The van der Waals surface area contributed by atoms with E-state index in [4.69, 9.17) is 15.5 Å². The number of carbonyl (C=O) groups is 2. The molecule has 8 heteroatoms. The van der Waals surface area contributed by atoms with Crippen molar-refractivity contribution in [2.45, 2.75) is 78.6 Å². The Morgan fingerprint density at radius 3 is 2.15 bits per heavy atom. The Bertz CT molecular complexity index is 1210. The van der Waals surface area contributed by atoms with Crippen molar-refractivity contribution in [1.29, 1.82) is 0 Å². The third-order valence-electron chi connectivity index (χ3n) is 6.21. The molecule has 8 nitrogen and oxygen atoms in total. The molecule has 0 spiro atoms. The molecule has 3 rings (SSSR count). The van der Waals surface area contributed by atoms with E-state index in [-0.39, 0.29) is 17.9 Å². The standard InChI is InChI=1S/C31H43N5O3/c1-30(2,3)27(33-18-17-24(19-26(32)37)34-29(38)39-31(4,5)6)28-35-25(23-15-11-8-12-16-23)21-36(28)20-22-13-9-7-10-14-22/h7-16,21,24,27,33H,17-20H2,1-6H3,(H2,32,37)(H,34,38)/t24-,27+/m1/s1. The fraction of sp³-hybridized carbons (Fsp3) is 0.452. The van der Waals surface area contributed by atoms with Gasteiger partial charge in [0.15, 0.2) is 0 Å². The summed E-state index contributed by atoms with van der Waals surface area (Å²) in [7, 11) is 0. The number of ether oxygens (including phenoxy) is 1. The van der Waals surface area contributed by atoms with E-state index >= 15 is 0 Å². The van der Waals surface area contributed by atoms with Crippen molar-refractivity contribution in [3.05, 3.63) is 78.2 Å². The molecular formula is C31H43N5O3. The Balaban J connectivity index is 1.84. The second kappa shape index (κ2) is 12.9. The molecular weight excluding hydrogens is 490 g/mol. The highest BCUT2D eigenvalue weighted by atomic mass is 16.6. The number of rotatable bonds is 11. The van der Waals surface area contributed by atoms with Crippen LogP contribution in [0.5, 0.6) is 0 Å². The van der Waals surface area contributed by atoms with Gasteiger partial charge in [-0.25, -0.2) is 9.78 Å². The lowest BCUT2D eigenvalue weighted by molar-refractivity contribution is -0.118. The van der Waals surface area contributed by atoms with Crippen molar-refractivity contribution < 1.29 is 14.3 Å². The Kier molecular flexibility index (Phi) is 9.92. The summed E-state index contributed by atoms with van der Waals surface area (Å²) in [5.74, 6) is 0.450. The van der Waals surface area contributed by atoms with Crippen LogP contribution in [-0.4, -0.2) is 39.7 Å². The lowest BCUT2D eigenvalue weighted by atomic mass is 9.86. The van der Waals surface area contributed by atoms with E-state index in [1.165, 1.54) is 5.56 Å². The van der Waals surface area contributed by atoms with Gasteiger partial charge in [-0.1, -0.05) is 81.4 Å². The molecule has 0 aliphatic rings. The summed E-state index contributed by atoms with van der Waals surface area (Å²) in [6, 6.07) is 19.9. The normalized spacial score (nSPS) is 13.5. The van der Waals surface area contributed by atoms with E-state index in [2.05, 4.69) is 66.4 Å². The minimum Gasteiger partial charge on any atom is -0.444 e. The van der Waals surface area contributed by atoms with Crippen LogP contribution in [0.1, 0.15) is 71.8 Å². The van der Waals surface area contributed by atoms with E-state index in [9.17, 15) is 9.59 Å². The molecule has 3 aromatic rings. The highest BCUT2D eigenvalue weighted by Crippen LogP contribution is 2.34. The SMILES string of the molecule is CC(C)(C)OC(=O)N[C@H](CCN[C@@H](c1nc(-c2ccccc2)cn1Cc1ccccc1)C(C)(C)C)CC(N)=O. The van der Waals surface area contributed by atoms with Crippen LogP contribution in [0.2, 0.25) is 0 Å². The maximum atomic E-state index is 12.4. The van der Waals surface area contributed by atoms with Gasteiger partial charge >= 0.3 is 6.09 Å². The van der Waals surface area contributed by atoms with Crippen molar-refractivity contribution >= 4 is 12.0 Å². The predicted molar refractivity (Wildman–Crippen MR) is 155 cm³/mol. The summed E-state index contributed by atoms with van der Waals surface area (Å²) in [5.41, 5.74) is 7.82. The van der Waals surface area contributed by atoms with Gasteiger partial charge in [-0.2, -0.15) is 0 Å². The largest absolute Gasteiger partial charge is 0.444 e. The van der Waals surface area contributed by atoms with Crippen LogP contribution < -0.4 is 16.4 Å². The Morgan fingerprint density at radius 2 is 1.59 bits per heavy atom. The van der Waals surface area contributed by atoms with Crippen LogP contribution >= 0.6 is 0 Å². The van der Waals surface area contributed by atoms with Crippen LogP contribution in [0.25, 0.3) is 11.3 Å². The monoisotopic (exact) mass is 533 g/mol. The molecule has 0 bridgehead atoms. The Labute approximate surface area is 232 Å². The van der Waals surface area contributed by atoms with Crippen molar-refractivity contribution in [2.75, 3.05) is 6.54 Å².